The molecule has 4 heterocycles. The van der Waals surface area contributed by atoms with Gasteiger partial charge in [0.15, 0.2) is 5.82 Å². The second kappa shape index (κ2) is 9.24. The number of nitrogens with zero attached hydrogens (tertiary/aromatic N) is 4. The fraction of sp³-hybridized carbons (Fsp3) is 0.542. The van der Waals surface area contributed by atoms with Crippen molar-refractivity contribution in [2.75, 3.05) is 24.7 Å². The predicted molar refractivity (Wildman–Crippen MR) is 136 cm³/mol. The summed E-state index contributed by atoms with van der Waals surface area (Å²) in [6, 6.07) is 3.87. The molecule has 3 unspecified atom stereocenters. The molecule has 3 aromatic rings. The lowest BCUT2D eigenvalue weighted by molar-refractivity contribution is 0.185. The highest BCUT2D eigenvalue weighted by molar-refractivity contribution is 6.59. The van der Waals surface area contributed by atoms with Crippen LogP contribution in [0.15, 0.2) is 16.7 Å². The largest absolute Gasteiger partial charge is 0.380 e. The van der Waals surface area contributed by atoms with E-state index in [9.17, 15) is 0 Å². The molecule has 0 amide bonds. The smallest absolute Gasteiger partial charge is 0.261 e. The molecule has 3 atom stereocenters. The van der Waals surface area contributed by atoms with Crippen LogP contribution in [0.4, 0.5) is 10.2 Å². The van der Waals surface area contributed by atoms with Crippen LogP contribution in [0.1, 0.15) is 43.1 Å². The van der Waals surface area contributed by atoms with Gasteiger partial charge in [-0.05, 0) is 51.7 Å². The Hall–Kier alpha value is -2.39. The second-order valence-corrected chi connectivity index (χ2v) is 9.86. The first-order valence-electron chi connectivity index (χ1n) is 12.0. The molecule has 2 aromatic heterocycles. The topological polar surface area (TPSA) is 76.3 Å². The van der Waals surface area contributed by atoms with Crippen LogP contribution in [0.2, 0.25) is 0 Å². The molecule has 0 aliphatic carbocycles. The summed E-state index contributed by atoms with van der Waals surface area (Å²) in [5, 5.41) is 6.57. The van der Waals surface area contributed by atoms with Gasteiger partial charge in [-0.25, -0.2) is 9.37 Å². The van der Waals surface area contributed by atoms with Gasteiger partial charge >= 0.3 is 0 Å². The van der Waals surface area contributed by atoms with Crippen molar-refractivity contribution in [3.63, 3.8) is 0 Å². The number of piperidine rings is 1. The van der Waals surface area contributed by atoms with Gasteiger partial charge in [0.2, 0.25) is 0 Å². The summed E-state index contributed by atoms with van der Waals surface area (Å²) in [4.78, 5) is 11.5. The SMILES string of the molecule is [B]C([B])([B])c1cc(F)c2nc(N3CCC(NC4CCOC4)CC3C)c(-c3nc(C)no3)c(C)c2c1. The van der Waals surface area contributed by atoms with E-state index in [4.69, 9.17) is 37.8 Å². The highest BCUT2D eigenvalue weighted by atomic mass is 19.1. The van der Waals surface area contributed by atoms with Gasteiger partial charge in [-0.2, -0.15) is 4.98 Å². The maximum absolute atomic E-state index is 15.3. The number of nitrogens with one attached hydrogen (secondary N) is 1. The lowest BCUT2D eigenvalue weighted by atomic mass is 9.40. The number of fused-ring (bicyclic) bond motifs is 1. The van der Waals surface area contributed by atoms with Crippen LogP contribution < -0.4 is 10.2 Å². The summed E-state index contributed by atoms with van der Waals surface area (Å²) in [5.74, 6) is 0.932. The van der Waals surface area contributed by atoms with Gasteiger partial charge in [-0.3, -0.25) is 0 Å². The summed E-state index contributed by atoms with van der Waals surface area (Å²) in [6.45, 7) is 8.13. The van der Waals surface area contributed by atoms with Crippen LogP contribution in [0.25, 0.3) is 22.4 Å². The Morgan fingerprint density at radius 3 is 2.57 bits per heavy atom. The van der Waals surface area contributed by atoms with Gasteiger partial charge in [0.05, 0.1) is 35.7 Å². The van der Waals surface area contributed by atoms with Gasteiger partial charge < -0.3 is 19.5 Å². The van der Waals surface area contributed by atoms with Gasteiger partial charge in [-0.1, -0.05) is 16.8 Å². The van der Waals surface area contributed by atoms with Crippen molar-refractivity contribution in [2.45, 2.75) is 63.3 Å². The second-order valence-electron chi connectivity index (χ2n) is 9.86. The van der Waals surface area contributed by atoms with Gasteiger partial charge in [0.1, 0.15) is 17.2 Å². The zero-order chi connectivity index (χ0) is 24.9. The Bertz CT molecular complexity index is 1240. The molecule has 1 N–H and O–H groups in total. The fourth-order valence-corrected chi connectivity index (χ4v) is 5.21. The minimum Gasteiger partial charge on any atom is -0.380 e. The first-order chi connectivity index (χ1) is 16.6. The Morgan fingerprint density at radius 2 is 1.94 bits per heavy atom. The molecule has 2 saturated heterocycles. The molecule has 176 valence electrons. The van der Waals surface area contributed by atoms with E-state index < -0.39 is 10.9 Å². The summed E-state index contributed by atoms with van der Waals surface area (Å²) >= 11 is 0. The number of hydrogen-bond acceptors (Lipinski definition) is 7. The lowest BCUT2D eigenvalue weighted by Crippen LogP contribution is -2.50. The van der Waals surface area contributed by atoms with Crippen LogP contribution in [-0.2, 0) is 9.85 Å². The van der Waals surface area contributed by atoms with Crippen LogP contribution in [0.5, 0.6) is 0 Å². The van der Waals surface area contributed by atoms with Crippen molar-refractivity contribution in [1.82, 2.24) is 20.4 Å². The van der Waals surface area contributed by atoms with E-state index in [1.54, 1.807) is 13.0 Å². The third kappa shape index (κ3) is 4.72. The summed E-state index contributed by atoms with van der Waals surface area (Å²) < 4.78 is 26.4. The van der Waals surface area contributed by atoms with E-state index in [1.165, 1.54) is 6.07 Å². The average Bonchev–Trinajstić information content (AvgIpc) is 3.45. The Kier molecular flexibility index (Phi) is 6.42. The summed E-state index contributed by atoms with van der Waals surface area (Å²) in [7, 11) is 17.6. The Morgan fingerprint density at radius 1 is 1.14 bits per heavy atom. The summed E-state index contributed by atoms with van der Waals surface area (Å²) in [6.07, 6.45) is 2.89. The zero-order valence-corrected chi connectivity index (χ0v) is 20.3. The number of halogens is 1. The van der Waals surface area contributed by atoms with E-state index in [0.29, 0.717) is 40.6 Å². The number of aromatic nitrogens is 3. The van der Waals surface area contributed by atoms with Gasteiger partial charge in [0, 0.05) is 36.7 Å². The van der Waals surface area contributed by atoms with Crippen molar-refractivity contribution in [3.05, 3.63) is 34.9 Å². The van der Waals surface area contributed by atoms with E-state index in [-0.39, 0.29) is 17.1 Å². The molecule has 2 fully saturated rings. The van der Waals surface area contributed by atoms with E-state index in [1.807, 2.05) is 6.92 Å². The first-order valence-corrected chi connectivity index (χ1v) is 12.0. The van der Waals surface area contributed by atoms with Crippen molar-refractivity contribution in [2.24, 2.45) is 0 Å². The van der Waals surface area contributed by atoms with Crippen molar-refractivity contribution < 1.29 is 13.7 Å². The third-order valence-corrected chi connectivity index (χ3v) is 7.07. The van der Waals surface area contributed by atoms with Gasteiger partial charge in [0.25, 0.3) is 5.89 Å². The zero-order valence-electron chi connectivity index (χ0n) is 20.3. The third-order valence-electron chi connectivity index (χ3n) is 7.07. The highest BCUT2D eigenvalue weighted by Gasteiger charge is 2.33. The molecule has 2 aliphatic rings. The summed E-state index contributed by atoms with van der Waals surface area (Å²) in [5.41, 5.74) is 1.91. The van der Waals surface area contributed by atoms with E-state index in [0.717, 1.165) is 44.6 Å². The number of aryl methyl sites for hydroxylation is 2. The maximum atomic E-state index is 15.3. The normalized spacial score (nSPS) is 23.3. The Balaban J connectivity index is 1.58. The number of benzene rings is 1. The minimum atomic E-state index is -1.69. The van der Waals surface area contributed by atoms with Crippen LogP contribution in [0, 0.1) is 19.7 Å². The van der Waals surface area contributed by atoms with Crippen molar-refractivity contribution in [1.29, 1.82) is 0 Å². The molecule has 6 radical (unpaired) electrons. The monoisotopic (exact) mass is 469 g/mol. The molecular formula is C24H27B3FN5O2. The molecule has 0 bridgehead atoms. The lowest BCUT2D eigenvalue weighted by Gasteiger charge is -2.40. The molecule has 2 aliphatic heterocycles. The standard InChI is InChI=1S/C24H27B3FN5O2/c1-12-8-16(30-17-5-7-34-11-17)4-6-33(12)22-20(23-29-14(3)32-35-23)13(2)18-9-15(24(25,26)27)10-19(28)21(18)31-22/h9-10,12,16-17,30H,4-8,11H2,1-3H3. The van der Waals surface area contributed by atoms with E-state index >= 15 is 4.39 Å². The highest BCUT2D eigenvalue weighted by Crippen LogP contribution is 2.39. The molecule has 1 aromatic carbocycles. The first kappa shape index (κ1) is 24.3. The number of pyridine rings is 1. The van der Waals surface area contributed by atoms with Crippen LogP contribution >= 0.6 is 0 Å². The fourth-order valence-electron chi connectivity index (χ4n) is 5.21. The van der Waals surface area contributed by atoms with Crippen LogP contribution in [-0.4, -0.2) is 76.5 Å². The number of anilines is 1. The van der Waals surface area contributed by atoms with Crippen molar-refractivity contribution >= 4 is 40.3 Å². The molecule has 0 saturated carbocycles. The predicted octanol–water partition coefficient (Wildman–Crippen LogP) is 2.39. The average molecular weight is 469 g/mol. The number of ether oxygens (including phenoxy) is 1. The molecule has 11 heteroatoms. The minimum absolute atomic E-state index is 0.155. The molecular weight excluding hydrogens is 442 g/mol. The van der Waals surface area contributed by atoms with Crippen LogP contribution in [0.3, 0.4) is 0 Å². The molecule has 7 nitrogen and oxygen atoms in total. The maximum Gasteiger partial charge on any atom is 0.261 e. The Labute approximate surface area is 208 Å². The molecule has 5 rings (SSSR count). The molecule has 35 heavy (non-hydrogen) atoms. The number of hydrogen-bond donors (Lipinski definition) is 1. The quantitative estimate of drug-likeness (QED) is 0.576. The number of rotatable bonds is 5. The van der Waals surface area contributed by atoms with Gasteiger partial charge in [-0.15, -0.1) is 5.11 Å². The van der Waals surface area contributed by atoms with Crippen molar-refractivity contribution in [3.8, 4) is 11.5 Å². The molecule has 0 spiro atoms. The van der Waals surface area contributed by atoms with E-state index in [2.05, 4.69) is 27.3 Å².